The molecule has 4 N–H and O–H groups in total. The lowest BCUT2D eigenvalue weighted by atomic mass is 10.0. The highest BCUT2D eigenvalue weighted by Crippen LogP contribution is 2.19. The molecule has 0 saturated heterocycles. The number of aromatic nitrogens is 1. The number of amides is 3. The second kappa shape index (κ2) is 9.18. The molecule has 146 valence electrons. The van der Waals surface area contributed by atoms with E-state index in [0.717, 1.165) is 16.5 Å². The van der Waals surface area contributed by atoms with Gasteiger partial charge in [-0.25, -0.2) is 0 Å². The summed E-state index contributed by atoms with van der Waals surface area (Å²) in [6, 6.07) is 10.5. The summed E-state index contributed by atoms with van der Waals surface area (Å²) in [4.78, 5) is 40.5. The summed E-state index contributed by atoms with van der Waals surface area (Å²) in [5.74, 6) is -0.985. The molecule has 1 aromatic carbocycles. The number of aromatic amines is 1. The minimum Gasteiger partial charge on any atom is -0.361 e. The van der Waals surface area contributed by atoms with E-state index in [1.165, 1.54) is 11.3 Å². The first kappa shape index (κ1) is 19.6. The Kier molecular flexibility index (Phi) is 6.44. The van der Waals surface area contributed by atoms with Crippen LogP contribution >= 0.6 is 11.3 Å². The van der Waals surface area contributed by atoms with Crippen LogP contribution in [0, 0.1) is 0 Å². The molecule has 2 heterocycles. The fourth-order valence-corrected chi connectivity index (χ4v) is 3.54. The molecule has 3 amide bonds. The van der Waals surface area contributed by atoms with Crippen LogP contribution in [-0.4, -0.2) is 41.8 Å². The number of hydrogen-bond acceptors (Lipinski definition) is 4. The van der Waals surface area contributed by atoms with Gasteiger partial charge in [0, 0.05) is 30.1 Å². The molecule has 0 aliphatic rings. The maximum Gasteiger partial charge on any atom is 0.262 e. The Morgan fingerprint density at radius 1 is 1.11 bits per heavy atom. The van der Waals surface area contributed by atoms with Crippen LogP contribution in [0.1, 0.15) is 22.2 Å². The van der Waals surface area contributed by atoms with Gasteiger partial charge in [0.25, 0.3) is 5.91 Å². The summed E-state index contributed by atoms with van der Waals surface area (Å²) in [5.41, 5.74) is 1.88. The minimum atomic E-state index is -0.803. The van der Waals surface area contributed by atoms with Crippen molar-refractivity contribution in [2.24, 2.45) is 0 Å². The van der Waals surface area contributed by atoms with Gasteiger partial charge in [0.15, 0.2) is 0 Å². The van der Waals surface area contributed by atoms with E-state index in [4.69, 9.17) is 0 Å². The third-order valence-corrected chi connectivity index (χ3v) is 5.13. The Morgan fingerprint density at radius 2 is 1.93 bits per heavy atom. The fourth-order valence-electron chi connectivity index (χ4n) is 2.92. The highest BCUT2D eigenvalue weighted by Gasteiger charge is 2.24. The number of carbonyl (C=O) groups is 3. The van der Waals surface area contributed by atoms with Crippen LogP contribution in [0.5, 0.6) is 0 Å². The Bertz CT molecular complexity index is 965. The number of likely N-dealkylation sites (N-methyl/N-ethyl adjacent to an activating group) is 1. The van der Waals surface area contributed by atoms with Gasteiger partial charge in [-0.2, -0.15) is 0 Å². The molecule has 8 heteroatoms. The van der Waals surface area contributed by atoms with E-state index < -0.39 is 11.9 Å². The van der Waals surface area contributed by atoms with Crippen molar-refractivity contribution >= 4 is 40.0 Å². The predicted molar refractivity (Wildman–Crippen MR) is 109 cm³/mol. The Hall–Kier alpha value is -3.13. The highest BCUT2D eigenvalue weighted by molar-refractivity contribution is 7.12. The molecular formula is C20H22N4O3S. The molecule has 0 aliphatic carbocycles. The van der Waals surface area contributed by atoms with Gasteiger partial charge < -0.3 is 20.9 Å². The van der Waals surface area contributed by atoms with Gasteiger partial charge in [0.1, 0.15) is 6.04 Å². The third kappa shape index (κ3) is 4.77. The first-order valence-corrected chi connectivity index (χ1v) is 9.90. The zero-order valence-corrected chi connectivity index (χ0v) is 16.3. The number of hydrogen-bond donors (Lipinski definition) is 4. The number of fused-ring (bicyclic) bond motifs is 1. The lowest BCUT2D eigenvalue weighted by Crippen LogP contribution is -2.50. The number of carbonyl (C=O) groups excluding carboxylic acids is 3. The summed E-state index contributed by atoms with van der Waals surface area (Å²) in [5, 5.41) is 10.8. The van der Waals surface area contributed by atoms with E-state index in [0.29, 0.717) is 17.8 Å². The normalized spacial score (nSPS) is 11.8. The third-order valence-electron chi connectivity index (χ3n) is 4.26. The molecule has 1 atom stereocenters. The van der Waals surface area contributed by atoms with Crippen LogP contribution in [0.2, 0.25) is 0 Å². The number of H-pyrrole nitrogens is 1. The van der Waals surface area contributed by atoms with Gasteiger partial charge in [-0.3, -0.25) is 14.4 Å². The summed E-state index contributed by atoms with van der Waals surface area (Å²) in [6.07, 6.45) is 2.15. The Balaban J connectivity index is 1.76. The molecule has 2 aromatic heterocycles. The van der Waals surface area contributed by atoms with Crippen LogP contribution in [0.25, 0.3) is 10.9 Å². The van der Waals surface area contributed by atoms with Gasteiger partial charge in [0.05, 0.1) is 11.4 Å². The molecule has 0 bridgehead atoms. The number of nitrogens with one attached hydrogen (secondary N) is 4. The molecule has 3 aromatic rings. The zero-order valence-electron chi connectivity index (χ0n) is 15.5. The van der Waals surface area contributed by atoms with Gasteiger partial charge in [-0.1, -0.05) is 24.3 Å². The molecule has 0 saturated carbocycles. The van der Waals surface area contributed by atoms with Crippen molar-refractivity contribution < 1.29 is 14.4 Å². The maximum absolute atomic E-state index is 12.7. The van der Waals surface area contributed by atoms with E-state index in [1.54, 1.807) is 24.4 Å². The minimum absolute atomic E-state index is 0.133. The molecule has 1 unspecified atom stereocenters. The lowest BCUT2D eigenvalue weighted by molar-refractivity contribution is -0.127. The average Bonchev–Trinajstić information content (AvgIpc) is 3.36. The number of thiophene rings is 1. The summed E-state index contributed by atoms with van der Waals surface area (Å²) >= 11 is 1.31. The van der Waals surface area contributed by atoms with Gasteiger partial charge in [-0.15, -0.1) is 11.3 Å². The van der Waals surface area contributed by atoms with E-state index >= 15 is 0 Å². The number of para-hydroxylation sites is 1. The molecule has 0 spiro atoms. The van der Waals surface area contributed by atoms with Gasteiger partial charge >= 0.3 is 0 Å². The van der Waals surface area contributed by atoms with Crippen LogP contribution in [0.15, 0.2) is 48.0 Å². The quantitative estimate of drug-likeness (QED) is 0.465. The molecule has 0 aliphatic heterocycles. The van der Waals surface area contributed by atoms with Crippen molar-refractivity contribution in [3.05, 3.63) is 58.4 Å². The molecule has 0 radical (unpaired) electrons. The van der Waals surface area contributed by atoms with Crippen molar-refractivity contribution in [1.29, 1.82) is 0 Å². The largest absolute Gasteiger partial charge is 0.361 e. The second-order valence-corrected chi connectivity index (χ2v) is 7.19. The lowest BCUT2D eigenvalue weighted by Gasteiger charge is -2.18. The Labute approximate surface area is 166 Å². The molecule has 0 fully saturated rings. The summed E-state index contributed by atoms with van der Waals surface area (Å²) < 4.78 is 0. The van der Waals surface area contributed by atoms with E-state index in [9.17, 15) is 14.4 Å². The fraction of sp³-hybridized carbons (Fsp3) is 0.250. The van der Waals surface area contributed by atoms with Crippen LogP contribution in [0.4, 0.5) is 0 Å². The summed E-state index contributed by atoms with van der Waals surface area (Å²) in [6.45, 7) is 2.16. The van der Waals surface area contributed by atoms with Crippen LogP contribution in [0.3, 0.4) is 0 Å². The molecular weight excluding hydrogens is 376 g/mol. The van der Waals surface area contributed by atoms with Crippen LogP contribution < -0.4 is 16.0 Å². The van der Waals surface area contributed by atoms with Crippen molar-refractivity contribution in [3.63, 3.8) is 0 Å². The maximum atomic E-state index is 12.7. The van der Waals surface area contributed by atoms with Crippen molar-refractivity contribution in [2.45, 2.75) is 19.4 Å². The van der Waals surface area contributed by atoms with E-state index in [1.807, 2.05) is 30.5 Å². The molecule has 7 nitrogen and oxygen atoms in total. The smallest absolute Gasteiger partial charge is 0.262 e. The predicted octanol–water partition coefficient (Wildman–Crippen LogP) is 1.82. The highest BCUT2D eigenvalue weighted by atomic mass is 32.1. The topological polar surface area (TPSA) is 103 Å². The van der Waals surface area contributed by atoms with Gasteiger partial charge in [-0.05, 0) is 30.0 Å². The standard InChI is InChI=1S/C20H22N4O3S/c1-2-21-18(25)12-23-19(26)16(24-20(27)17-8-5-9-28-17)10-13-11-22-15-7-4-3-6-14(13)15/h3-9,11,16,22H,2,10,12H2,1H3,(H,21,25)(H,23,26)(H,24,27). The van der Waals surface area contributed by atoms with E-state index in [-0.39, 0.29) is 18.4 Å². The monoisotopic (exact) mass is 398 g/mol. The van der Waals surface area contributed by atoms with Crippen molar-refractivity contribution in [1.82, 2.24) is 20.9 Å². The second-order valence-electron chi connectivity index (χ2n) is 6.24. The SMILES string of the molecule is CCNC(=O)CNC(=O)C(Cc1c[nH]c2ccccc12)NC(=O)c1cccs1. The molecule has 3 rings (SSSR count). The molecule has 28 heavy (non-hydrogen) atoms. The number of benzene rings is 1. The summed E-state index contributed by atoms with van der Waals surface area (Å²) in [7, 11) is 0. The van der Waals surface area contributed by atoms with Crippen LogP contribution in [-0.2, 0) is 16.0 Å². The van der Waals surface area contributed by atoms with Crippen molar-refractivity contribution in [2.75, 3.05) is 13.1 Å². The van der Waals surface area contributed by atoms with Gasteiger partial charge in [0.2, 0.25) is 11.8 Å². The zero-order chi connectivity index (χ0) is 19.9. The Morgan fingerprint density at radius 3 is 2.68 bits per heavy atom. The van der Waals surface area contributed by atoms with Crippen molar-refractivity contribution in [3.8, 4) is 0 Å². The number of rotatable bonds is 8. The van der Waals surface area contributed by atoms with E-state index in [2.05, 4.69) is 20.9 Å². The first-order chi connectivity index (χ1) is 13.6. The first-order valence-electron chi connectivity index (χ1n) is 9.02. The average molecular weight is 398 g/mol.